The molecule has 6 aromatic carbocycles. The Balaban J connectivity index is 1.57. The number of aromatic nitrogens is 2. The minimum absolute atomic E-state index is 0.135. The van der Waals surface area contributed by atoms with Gasteiger partial charge in [0.15, 0.2) is 0 Å². The number of benzene rings is 6. The molecule has 8 rings (SSSR count). The van der Waals surface area contributed by atoms with Crippen LogP contribution in [0.2, 0.25) is 0 Å². The van der Waals surface area contributed by atoms with Gasteiger partial charge < -0.3 is 0 Å². The van der Waals surface area contributed by atoms with Crippen molar-refractivity contribution in [2.24, 2.45) is 0 Å². The fourth-order valence-corrected chi connectivity index (χ4v) is 9.82. The van der Waals surface area contributed by atoms with E-state index in [9.17, 15) is 9.59 Å². The Morgan fingerprint density at radius 2 is 0.805 bits per heavy atom. The molecular formula is C36H25N2O2P. The zero-order chi connectivity index (χ0) is 27.5. The van der Waals surface area contributed by atoms with Crippen LogP contribution in [0.5, 0.6) is 0 Å². The third-order valence-electron chi connectivity index (χ3n) is 8.28. The van der Waals surface area contributed by atoms with E-state index in [4.69, 9.17) is 0 Å². The Morgan fingerprint density at radius 1 is 0.415 bits per heavy atom. The predicted molar refractivity (Wildman–Crippen MR) is 170 cm³/mol. The van der Waals surface area contributed by atoms with Gasteiger partial charge in [0.05, 0.1) is 10.8 Å². The maximum atomic E-state index is 14.5. The van der Waals surface area contributed by atoms with Crippen molar-refractivity contribution >= 4 is 45.5 Å². The molecule has 0 bridgehead atoms. The molecule has 0 unspecified atom stereocenters. The van der Waals surface area contributed by atoms with Crippen molar-refractivity contribution in [2.45, 2.75) is 11.6 Å². The Kier molecular flexibility index (Phi) is 5.51. The molecule has 0 N–H and O–H groups in total. The fourth-order valence-electron chi connectivity index (χ4n) is 6.52. The molecule has 1 aliphatic heterocycles. The molecule has 4 nitrogen and oxygen atoms in total. The van der Waals surface area contributed by atoms with Crippen LogP contribution >= 0.6 is 7.92 Å². The molecule has 1 aliphatic rings. The minimum atomic E-state index is -1.16. The highest BCUT2D eigenvalue weighted by atomic mass is 31.1. The summed E-state index contributed by atoms with van der Waals surface area (Å²) in [6, 6.07) is 46.9. The number of hydrogen-bond donors (Lipinski definition) is 0. The maximum absolute atomic E-state index is 14.5. The summed E-state index contributed by atoms with van der Waals surface area (Å²) in [6.07, 6.45) is 0. The Morgan fingerprint density at radius 3 is 1.29 bits per heavy atom. The number of nitrogens with zero attached hydrogens (tertiary/aromatic N) is 2. The van der Waals surface area contributed by atoms with Gasteiger partial charge in [0.2, 0.25) is 0 Å². The molecule has 0 aliphatic carbocycles. The van der Waals surface area contributed by atoms with Gasteiger partial charge in [-0.25, -0.2) is 9.36 Å². The molecule has 0 saturated carbocycles. The Labute approximate surface area is 237 Å². The summed E-state index contributed by atoms with van der Waals surface area (Å²) >= 11 is 0. The van der Waals surface area contributed by atoms with E-state index in [1.54, 1.807) is 21.5 Å². The van der Waals surface area contributed by atoms with Gasteiger partial charge in [0.25, 0.3) is 11.1 Å². The minimum Gasteiger partial charge on any atom is -0.267 e. The average Bonchev–Trinajstić information content (AvgIpc) is 3.40. The molecule has 1 aromatic heterocycles. The van der Waals surface area contributed by atoms with Crippen molar-refractivity contribution in [1.29, 1.82) is 0 Å². The van der Waals surface area contributed by atoms with Gasteiger partial charge in [0.1, 0.15) is 11.6 Å². The first-order chi connectivity index (χ1) is 20.2. The van der Waals surface area contributed by atoms with Crippen LogP contribution in [0.25, 0.3) is 32.3 Å². The van der Waals surface area contributed by atoms with Gasteiger partial charge in [-0.1, -0.05) is 127 Å². The average molecular weight is 549 g/mol. The molecule has 41 heavy (non-hydrogen) atoms. The van der Waals surface area contributed by atoms with Gasteiger partial charge >= 0.3 is 0 Å². The molecule has 0 radical (unpaired) electrons. The lowest BCUT2D eigenvalue weighted by atomic mass is 10.0. The topological polar surface area (TPSA) is 44.0 Å². The Bertz CT molecular complexity index is 2090. The first-order valence-electron chi connectivity index (χ1n) is 13.8. The second kappa shape index (κ2) is 9.40. The van der Waals surface area contributed by atoms with Crippen LogP contribution < -0.4 is 16.4 Å². The zero-order valence-corrected chi connectivity index (χ0v) is 23.0. The number of rotatable bonds is 3. The molecule has 2 heterocycles. The normalized spacial score (nSPS) is 16.9. The van der Waals surface area contributed by atoms with Crippen LogP contribution in [0.15, 0.2) is 149 Å². The van der Waals surface area contributed by atoms with Gasteiger partial charge in [-0.2, -0.15) is 0 Å². The molecule has 0 spiro atoms. The molecule has 196 valence electrons. The summed E-state index contributed by atoms with van der Waals surface area (Å²) in [6.45, 7) is 0. The molecule has 0 fully saturated rings. The number of hydrogen-bond acceptors (Lipinski definition) is 2. The summed E-state index contributed by atoms with van der Waals surface area (Å²) in [5.41, 5.74) is 1.85. The highest BCUT2D eigenvalue weighted by molar-refractivity contribution is 7.66. The lowest BCUT2D eigenvalue weighted by Gasteiger charge is -2.27. The molecule has 5 heteroatoms. The SMILES string of the molecule is O=c1c2ccccc2c(=O)n2n1[C@H](c1cccc3ccccc13)P(c1ccccc1)[C@H]2c1cccc2ccccc12. The van der Waals surface area contributed by atoms with Crippen molar-refractivity contribution in [3.63, 3.8) is 0 Å². The molecular weight excluding hydrogens is 523 g/mol. The smallest absolute Gasteiger partial charge is 0.267 e. The third-order valence-corrected chi connectivity index (χ3v) is 11.2. The summed E-state index contributed by atoms with van der Waals surface area (Å²) in [5, 5.41) is 6.49. The standard InChI is InChI=1S/C36H25N2O2P/c39-33-29-20-8-9-21-30(29)34(40)38-36(32-23-11-15-25-13-5-7-19-28(25)32)41(26-16-2-1-3-17-26)35(37(33)38)31-22-10-14-24-12-4-6-18-27(24)31/h1-23,35-36H/t35-,36-/m0/s1. The van der Waals surface area contributed by atoms with Crippen LogP contribution in [-0.4, -0.2) is 9.36 Å². The summed E-state index contributed by atoms with van der Waals surface area (Å²) in [4.78, 5) is 29.0. The first-order valence-corrected chi connectivity index (χ1v) is 15.2. The maximum Gasteiger partial charge on any atom is 0.274 e. The van der Waals surface area contributed by atoms with Crippen molar-refractivity contribution in [3.05, 3.63) is 171 Å². The van der Waals surface area contributed by atoms with Crippen molar-refractivity contribution in [1.82, 2.24) is 9.36 Å². The monoisotopic (exact) mass is 548 g/mol. The van der Waals surface area contributed by atoms with E-state index in [1.165, 1.54) is 0 Å². The van der Waals surface area contributed by atoms with E-state index in [0.29, 0.717) is 10.8 Å². The van der Waals surface area contributed by atoms with Crippen molar-refractivity contribution in [2.75, 3.05) is 0 Å². The van der Waals surface area contributed by atoms with E-state index in [2.05, 4.69) is 84.9 Å². The van der Waals surface area contributed by atoms with E-state index >= 15 is 0 Å². The second-order valence-corrected chi connectivity index (χ2v) is 12.8. The van der Waals surface area contributed by atoms with Crippen LogP contribution in [0.3, 0.4) is 0 Å². The van der Waals surface area contributed by atoms with Crippen LogP contribution in [0.4, 0.5) is 0 Å². The second-order valence-electron chi connectivity index (χ2n) is 10.5. The lowest BCUT2D eigenvalue weighted by molar-refractivity contribution is 0.496. The third kappa shape index (κ3) is 3.58. The first kappa shape index (κ1) is 24.0. The molecule has 7 aromatic rings. The Hall–Kier alpha value is -4.79. The largest absolute Gasteiger partial charge is 0.274 e. The van der Waals surface area contributed by atoms with E-state index in [1.807, 2.05) is 42.5 Å². The summed E-state index contributed by atoms with van der Waals surface area (Å²) < 4.78 is 3.58. The van der Waals surface area contributed by atoms with E-state index < -0.39 is 7.92 Å². The number of fused-ring (bicyclic) bond motifs is 4. The van der Waals surface area contributed by atoms with E-state index in [0.717, 1.165) is 38.0 Å². The highest BCUT2D eigenvalue weighted by Crippen LogP contribution is 2.66. The van der Waals surface area contributed by atoms with Crippen molar-refractivity contribution < 1.29 is 0 Å². The highest BCUT2D eigenvalue weighted by Gasteiger charge is 2.46. The van der Waals surface area contributed by atoms with Gasteiger partial charge in [-0.15, -0.1) is 0 Å². The zero-order valence-electron chi connectivity index (χ0n) is 22.1. The van der Waals surface area contributed by atoms with Gasteiger partial charge in [0, 0.05) is 0 Å². The summed E-state index contributed by atoms with van der Waals surface area (Å²) in [5.74, 6) is -0.681. The van der Waals surface area contributed by atoms with Gasteiger partial charge in [-0.3, -0.25) is 9.59 Å². The fraction of sp³-hybridized carbons (Fsp3) is 0.0556. The molecule has 0 saturated heterocycles. The molecule has 2 atom stereocenters. The van der Waals surface area contributed by atoms with Gasteiger partial charge in [-0.05, 0) is 58.0 Å². The molecule has 0 amide bonds. The summed E-state index contributed by atoms with van der Waals surface area (Å²) in [7, 11) is -1.16. The lowest BCUT2D eigenvalue weighted by Crippen LogP contribution is -2.37. The van der Waals surface area contributed by atoms with Crippen LogP contribution in [0.1, 0.15) is 22.7 Å². The van der Waals surface area contributed by atoms with Crippen LogP contribution in [-0.2, 0) is 0 Å². The predicted octanol–water partition coefficient (Wildman–Crippen LogP) is 7.38. The van der Waals surface area contributed by atoms with Crippen LogP contribution in [0, 0.1) is 0 Å². The van der Waals surface area contributed by atoms with E-state index in [-0.39, 0.29) is 22.7 Å². The quantitative estimate of drug-likeness (QED) is 0.216. The van der Waals surface area contributed by atoms with Crippen molar-refractivity contribution in [3.8, 4) is 0 Å².